The fourth-order valence-electron chi connectivity index (χ4n) is 2.24. The minimum Gasteiger partial charge on any atom is -0.342 e. The van der Waals surface area contributed by atoms with Crippen molar-refractivity contribution in [2.75, 3.05) is 18.0 Å². The summed E-state index contributed by atoms with van der Waals surface area (Å²) in [7, 11) is 0. The van der Waals surface area contributed by atoms with Gasteiger partial charge >= 0.3 is 0 Å². The molecular weight excluding hydrogens is 202 g/mol. The average molecular weight is 221 g/mol. The first kappa shape index (κ1) is 11.2. The second kappa shape index (κ2) is 4.68. The van der Waals surface area contributed by atoms with Crippen LogP contribution in [0.1, 0.15) is 31.9 Å². The summed E-state index contributed by atoms with van der Waals surface area (Å²) in [5, 5.41) is 0. The Labute approximate surface area is 95.9 Å². The van der Waals surface area contributed by atoms with Gasteiger partial charge in [0.25, 0.3) is 5.56 Å². The number of aromatic nitrogens is 2. The number of aryl methyl sites for hydroxylation is 1. The van der Waals surface area contributed by atoms with Gasteiger partial charge in [-0.2, -0.15) is 0 Å². The largest absolute Gasteiger partial charge is 0.342 e. The number of hydrogen-bond acceptors (Lipinski definition) is 3. The van der Waals surface area contributed by atoms with Crippen molar-refractivity contribution in [3.63, 3.8) is 0 Å². The summed E-state index contributed by atoms with van der Waals surface area (Å²) in [5.41, 5.74) is 0.880. The summed E-state index contributed by atoms with van der Waals surface area (Å²) >= 11 is 0. The first-order valence-electron chi connectivity index (χ1n) is 6.06. The third kappa shape index (κ3) is 2.10. The maximum Gasteiger partial charge on any atom is 0.255 e. The molecule has 16 heavy (non-hydrogen) atoms. The van der Waals surface area contributed by atoms with Crippen molar-refractivity contribution >= 4 is 5.95 Å². The summed E-state index contributed by atoms with van der Waals surface area (Å²) in [4.78, 5) is 18.6. The van der Waals surface area contributed by atoms with E-state index < -0.39 is 0 Å². The van der Waals surface area contributed by atoms with Crippen molar-refractivity contribution in [1.82, 2.24) is 9.55 Å². The predicted octanol–water partition coefficient (Wildman–Crippen LogP) is 1.56. The lowest BCUT2D eigenvalue weighted by Crippen LogP contribution is -2.36. The van der Waals surface area contributed by atoms with E-state index in [0.717, 1.165) is 24.7 Å². The van der Waals surface area contributed by atoms with Gasteiger partial charge in [0.05, 0.1) is 0 Å². The van der Waals surface area contributed by atoms with E-state index in [1.165, 1.54) is 19.3 Å². The van der Waals surface area contributed by atoms with Gasteiger partial charge in [-0.3, -0.25) is 9.36 Å². The third-order valence-electron chi connectivity index (χ3n) is 3.07. The van der Waals surface area contributed by atoms with Gasteiger partial charge in [0.1, 0.15) is 0 Å². The van der Waals surface area contributed by atoms with Gasteiger partial charge in [0, 0.05) is 31.4 Å². The van der Waals surface area contributed by atoms with Gasteiger partial charge in [-0.05, 0) is 33.1 Å². The highest BCUT2D eigenvalue weighted by molar-refractivity contribution is 5.32. The quantitative estimate of drug-likeness (QED) is 0.760. The molecule has 1 aromatic heterocycles. The van der Waals surface area contributed by atoms with Crippen molar-refractivity contribution < 1.29 is 0 Å². The van der Waals surface area contributed by atoms with Crippen molar-refractivity contribution in [1.29, 1.82) is 0 Å². The molecule has 0 saturated carbocycles. The molecule has 1 aromatic rings. The second-order valence-electron chi connectivity index (χ2n) is 4.33. The molecule has 1 fully saturated rings. The van der Waals surface area contributed by atoms with E-state index in [2.05, 4.69) is 9.88 Å². The average Bonchev–Trinajstić information content (AvgIpc) is 2.29. The molecule has 1 saturated heterocycles. The Kier molecular flexibility index (Phi) is 3.27. The molecule has 0 N–H and O–H groups in total. The monoisotopic (exact) mass is 221 g/mol. The number of rotatable bonds is 2. The van der Waals surface area contributed by atoms with E-state index in [4.69, 9.17) is 0 Å². The maximum atomic E-state index is 11.8. The molecule has 0 amide bonds. The van der Waals surface area contributed by atoms with Gasteiger partial charge in [0.2, 0.25) is 5.95 Å². The van der Waals surface area contributed by atoms with E-state index in [0.29, 0.717) is 6.54 Å². The summed E-state index contributed by atoms with van der Waals surface area (Å²) in [6.07, 6.45) is 3.69. The molecule has 4 heteroatoms. The molecule has 2 rings (SSSR count). The Balaban J connectivity index is 2.41. The molecule has 1 aliphatic heterocycles. The summed E-state index contributed by atoms with van der Waals surface area (Å²) in [6.45, 7) is 6.62. The van der Waals surface area contributed by atoms with Crippen molar-refractivity contribution in [3.8, 4) is 0 Å². The lowest BCUT2D eigenvalue weighted by Gasteiger charge is -2.29. The molecular formula is C12H19N3O. The highest BCUT2D eigenvalue weighted by Gasteiger charge is 2.16. The van der Waals surface area contributed by atoms with Crippen molar-refractivity contribution in [3.05, 3.63) is 22.1 Å². The first-order valence-corrected chi connectivity index (χ1v) is 6.06. The SMILES string of the molecule is CCn1c(N2CCCCC2)nc(C)cc1=O. The lowest BCUT2D eigenvalue weighted by molar-refractivity contribution is 0.547. The van der Waals surface area contributed by atoms with Crippen LogP contribution in [0.3, 0.4) is 0 Å². The first-order chi connectivity index (χ1) is 7.72. The second-order valence-corrected chi connectivity index (χ2v) is 4.33. The lowest BCUT2D eigenvalue weighted by atomic mass is 10.1. The van der Waals surface area contributed by atoms with E-state index in [1.54, 1.807) is 10.6 Å². The molecule has 0 atom stereocenters. The number of anilines is 1. The summed E-state index contributed by atoms with van der Waals surface area (Å²) in [6, 6.07) is 1.61. The van der Waals surface area contributed by atoms with Crippen molar-refractivity contribution in [2.45, 2.75) is 39.7 Å². The van der Waals surface area contributed by atoms with Crippen LogP contribution in [0, 0.1) is 6.92 Å². The van der Waals surface area contributed by atoms with E-state index in [-0.39, 0.29) is 5.56 Å². The Morgan fingerprint density at radius 2 is 2.00 bits per heavy atom. The van der Waals surface area contributed by atoms with E-state index in [9.17, 15) is 4.79 Å². The molecule has 1 aliphatic rings. The fraction of sp³-hybridized carbons (Fsp3) is 0.667. The van der Waals surface area contributed by atoms with Crippen LogP contribution in [0.4, 0.5) is 5.95 Å². The molecule has 2 heterocycles. The minimum atomic E-state index is 0.0653. The highest BCUT2D eigenvalue weighted by atomic mass is 16.1. The maximum absolute atomic E-state index is 11.8. The van der Waals surface area contributed by atoms with Crippen LogP contribution in [0.25, 0.3) is 0 Å². The molecule has 0 spiro atoms. The van der Waals surface area contributed by atoms with Crippen LogP contribution < -0.4 is 10.5 Å². The molecule has 0 aromatic carbocycles. The van der Waals surface area contributed by atoms with Crippen LogP contribution in [-0.4, -0.2) is 22.6 Å². The van der Waals surface area contributed by atoms with Gasteiger partial charge in [0.15, 0.2) is 0 Å². The molecule has 0 radical (unpaired) electrons. The summed E-state index contributed by atoms with van der Waals surface area (Å²) < 4.78 is 1.76. The number of piperidine rings is 1. The Hall–Kier alpha value is -1.32. The Morgan fingerprint density at radius 1 is 1.31 bits per heavy atom. The van der Waals surface area contributed by atoms with Crippen LogP contribution in [-0.2, 0) is 6.54 Å². The van der Waals surface area contributed by atoms with Gasteiger partial charge in [-0.15, -0.1) is 0 Å². The molecule has 88 valence electrons. The minimum absolute atomic E-state index is 0.0653. The highest BCUT2D eigenvalue weighted by Crippen LogP contribution is 2.16. The standard InChI is InChI=1S/C12H19N3O/c1-3-15-11(16)9-10(2)13-12(15)14-7-5-4-6-8-14/h9H,3-8H2,1-2H3. The van der Waals surface area contributed by atoms with Crippen LogP contribution in [0.5, 0.6) is 0 Å². The topological polar surface area (TPSA) is 38.1 Å². The van der Waals surface area contributed by atoms with Crippen LogP contribution in [0.2, 0.25) is 0 Å². The predicted molar refractivity (Wildman–Crippen MR) is 65.0 cm³/mol. The zero-order valence-corrected chi connectivity index (χ0v) is 10.1. The Bertz CT molecular complexity index is 419. The zero-order valence-electron chi connectivity index (χ0n) is 10.1. The fourth-order valence-corrected chi connectivity index (χ4v) is 2.24. The molecule has 4 nitrogen and oxygen atoms in total. The third-order valence-corrected chi connectivity index (χ3v) is 3.07. The van der Waals surface area contributed by atoms with Crippen molar-refractivity contribution in [2.24, 2.45) is 0 Å². The smallest absolute Gasteiger partial charge is 0.255 e. The van der Waals surface area contributed by atoms with E-state index in [1.807, 2.05) is 13.8 Å². The number of hydrogen-bond donors (Lipinski definition) is 0. The molecule has 0 unspecified atom stereocenters. The zero-order chi connectivity index (χ0) is 11.5. The van der Waals surface area contributed by atoms with Crippen LogP contribution in [0.15, 0.2) is 10.9 Å². The van der Waals surface area contributed by atoms with Gasteiger partial charge in [-0.1, -0.05) is 0 Å². The normalized spacial score (nSPS) is 16.5. The molecule has 0 bridgehead atoms. The van der Waals surface area contributed by atoms with Gasteiger partial charge in [-0.25, -0.2) is 4.98 Å². The number of nitrogens with zero attached hydrogens (tertiary/aromatic N) is 3. The summed E-state index contributed by atoms with van der Waals surface area (Å²) in [5.74, 6) is 0.854. The van der Waals surface area contributed by atoms with Gasteiger partial charge < -0.3 is 4.90 Å². The van der Waals surface area contributed by atoms with Crippen LogP contribution >= 0.6 is 0 Å². The van der Waals surface area contributed by atoms with E-state index >= 15 is 0 Å². The Morgan fingerprint density at radius 3 is 2.62 bits per heavy atom. The molecule has 0 aliphatic carbocycles.